The van der Waals surface area contributed by atoms with Crippen molar-refractivity contribution in [3.05, 3.63) is 35.1 Å². The molecule has 21 heavy (non-hydrogen) atoms. The Hall–Kier alpha value is -0.975. The van der Waals surface area contributed by atoms with Gasteiger partial charge in [-0.3, -0.25) is 0 Å². The van der Waals surface area contributed by atoms with Crippen molar-refractivity contribution in [1.82, 2.24) is 0 Å². The van der Waals surface area contributed by atoms with Crippen LogP contribution in [-0.4, -0.2) is 29.2 Å². The van der Waals surface area contributed by atoms with Crippen LogP contribution in [0.25, 0.3) is 6.08 Å². The molecule has 1 aliphatic rings. The van der Waals surface area contributed by atoms with Gasteiger partial charge in [0, 0.05) is 11.3 Å². The molecule has 0 saturated carbocycles. The molecule has 1 saturated heterocycles. The number of hydrogen-bond donors (Lipinski definition) is 2. The Morgan fingerprint density at radius 1 is 1.29 bits per heavy atom. The number of halogens is 1. The van der Waals surface area contributed by atoms with Gasteiger partial charge in [-0.2, -0.15) is 12.6 Å². The minimum atomic E-state index is -0.560. The molecule has 3 nitrogen and oxygen atoms in total. The maximum atomic E-state index is 13.3. The molecule has 1 aromatic rings. The van der Waals surface area contributed by atoms with Crippen LogP contribution in [0.1, 0.15) is 33.3 Å². The van der Waals surface area contributed by atoms with Crippen LogP contribution >= 0.6 is 12.6 Å². The second kappa shape index (κ2) is 5.67. The van der Waals surface area contributed by atoms with Crippen LogP contribution in [0.3, 0.4) is 0 Å². The minimum absolute atomic E-state index is 0.00667. The van der Waals surface area contributed by atoms with Gasteiger partial charge in [-0.05, 0) is 51.4 Å². The van der Waals surface area contributed by atoms with E-state index in [1.54, 1.807) is 6.08 Å². The van der Waals surface area contributed by atoms with Gasteiger partial charge in [0.25, 0.3) is 0 Å². The van der Waals surface area contributed by atoms with E-state index >= 15 is 0 Å². The van der Waals surface area contributed by atoms with Crippen molar-refractivity contribution in [2.24, 2.45) is 0 Å². The van der Waals surface area contributed by atoms with E-state index in [4.69, 9.17) is 9.31 Å². The van der Waals surface area contributed by atoms with Gasteiger partial charge in [0.15, 0.2) is 0 Å². The van der Waals surface area contributed by atoms with Crippen molar-refractivity contribution >= 4 is 25.8 Å². The Balaban J connectivity index is 2.33. The van der Waals surface area contributed by atoms with Crippen LogP contribution in [0.4, 0.5) is 4.39 Å². The lowest BCUT2D eigenvalue weighted by atomic mass is 9.78. The number of hydrogen-bond acceptors (Lipinski definition) is 4. The predicted molar refractivity (Wildman–Crippen MR) is 86.0 cm³/mol. The zero-order valence-electron chi connectivity index (χ0n) is 12.7. The van der Waals surface area contributed by atoms with Gasteiger partial charge in [0.2, 0.25) is 0 Å². The summed E-state index contributed by atoms with van der Waals surface area (Å²) in [6, 6.07) is 3.80. The second-order valence-corrected chi connectivity index (χ2v) is 6.48. The maximum absolute atomic E-state index is 13.3. The number of thiol groups is 1. The number of phenolic OH excluding ortho intramolecular Hbond substituents is 1. The van der Waals surface area contributed by atoms with Gasteiger partial charge in [0.1, 0.15) is 11.6 Å². The Morgan fingerprint density at radius 3 is 2.38 bits per heavy atom. The highest BCUT2D eigenvalue weighted by atomic mass is 32.1. The average Bonchev–Trinajstić information content (AvgIpc) is 2.59. The minimum Gasteiger partial charge on any atom is -0.507 e. The van der Waals surface area contributed by atoms with Crippen molar-refractivity contribution < 1.29 is 18.8 Å². The summed E-state index contributed by atoms with van der Waals surface area (Å²) < 4.78 is 25.2. The standard InChI is InChI=1S/C15H20BFO3S/c1-14(2)15(3,4)20-16(19-14)11(9-21)7-10-8-12(17)5-6-13(10)18/h5-8,18,21H,9H2,1-4H3. The second-order valence-electron chi connectivity index (χ2n) is 6.17. The quantitative estimate of drug-likeness (QED) is 0.663. The van der Waals surface area contributed by atoms with Crippen molar-refractivity contribution in [3.63, 3.8) is 0 Å². The highest BCUT2D eigenvalue weighted by molar-refractivity contribution is 7.80. The van der Waals surface area contributed by atoms with Gasteiger partial charge >= 0.3 is 7.12 Å². The van der Waals surface area contributed by atoms with E-state index in [2.05, 4.69) is 12.6 Å². The van der Waals surface area contributed by atoms with Crippen LogP contribution in [-0.2, 0) is 9.31 Å². The molecular formula is C15H20BFO3S. The summed E-state index contributed by atoms with van der Waals surface area (Å²) >= 11 is 4.29. The molecule has 114 valence electrons. The lowest BCUT2D eigenvalue weighted by Gasteiger charge is -2.32. The van der Waals surface area contributed by atoms with Crippen molar-refractivity contribution in [2.75, 3.05) is 5.75 Å². The summed E-state index contributed by atoms with van der Waals surface area (Å²) in [4.78, 5) is 0. The largest absolute Gasteiger partial charge is 0.507 e. The zero-order chi connectivity index (χ0) is 15.8. The fourth-order valence-electron chi connectivity index (χ4n) is 2.02. The summed E-state index contributed by atoms with van der Waals surface area (Å²) in [5.41, 5.74) is 0.208. The van der Waals surface area contributed by atoms with Crippen LogP contribution in [0.5, 0.6) is 5.75 Å². The first-order valence-corrected chi connectivity index (χ1v) is 7.45. The number of benzene rings is 1. The summed E-state index contributed by atoms with van der Waals surface area (Å²) in [6.45, 7) is 7.84. The predicted octanol–water partition coefficient (Wildman–Crippen LogP) is 3.48. The van der Waals surface area contributed by atoms with Gasteiger partial charge in [0.05, 0.1) is 11.2 Å². The van der Waals surface area contributed by atoms with Gasteiger partial charge in [-0.1, -0.05) is 6.08 Å². The molecule has 1 N–H and O–H groups in total. The van der Waals surface area contributed by atoms with E-state index in [0.29, 0.717) is 11.3 Å². The summed E-state index contributed by atoms with van der Waals surface area (Å²) in [5.74, 6) is -0.0223. The van der Waals surface area contributed by atoms with Crippen LogP contribution in [0, 0.1) is 5.82 Å². The Labute approximate surface area is 130 Å². The third-order valence-corrected chi connectivity index (χ3v) is 4.43. The van der Waals surface area contributed by atoms with E-state index in [9.17, 15) is 9.50 Å². The normalized spacial score (nSPS) is 20.9. The van der Waals surface area contributed by atoms with Crippen molar-refractivity contribution in [3.8, 4) is 5.75 Å². The highest BCUT2D eigenvalue weighted by Gasteiger charge is 2.52. The first-order chi connectivity index (χ1) is 9.66. The van der Waals surface area contributed by atoms with Crippen molar-refractivity contribution in [1.29, 1.82) is 0 Å². The molecule has 0 amide bonds. The van der Waals surface area contributed by atoms with Gasteiger partial charge in [-0.25, -0.2) is 4.39 Å². The summed E-state index contributed by atoms with van der Waals surface area (Å²) in [7, 11) is -0.560. The first-order valence-electron chi connectivity index (χ1n) is 6.82. The van der Waals surface area contributed by atoms with E-state index in [1.165, 1.54) is 18.2 Å². The Bertz CT molecular complexity index is 556. The third kappa shape index (κ3) is 3.28. The van der Waals surface area contributed by atoms with Crippen LogP contribution in [0.15, 0.2) is 23.7 Å². The van der Waals surface area contributed by atoms with E-state index in [1.807, 2.05) is 27.7 Å². The lowest BCUT2D eigenvalue weighted by Crippen LogP contribution is -2.41. The molecule has 0 unspecified atom stereocenters. The molecular weight excluding hydrogens is 290 g/mol. The average molecular weight is 310 g/mol. The maximum Gasteiger partial charge on any atom is 0.491 e. The van der Waals surface area contributed by atoms with Crippen LogP contribution < -0.4 is 0 Å². The lowest BCUT2D eigenvalue weighted by molar-refractivity contribution is 0.00578. The van der Waals surface area contributed by atoms with Gasteiger partial charge in [-0.15, -0.1) is 0 Å². The number of rotatable bonds is 3. The zero-order valence-corrected chi connectivity index (χ0v) is 13.6. The molecule has 1 aliphatic heterocycles. The highest BCUT2D eigenvalue weighted by Crippen LogP contribution is 2.39. The molecule has 0 radical (unpaired) electrons. The molecule has 1 heterocycles. The monoisotopic (exact) mass is 310 g/mol. The summed E-state index contributed by atoms with van der Waals surface area (Å²) in [5, 5.41) is 9.81. The molecule has 2 rings (SSSR count). The Morgan fingerprint density at radius 2 is 1.86 bits per heavy atom. The smallest absolute Gasteiger partial charge is 0.491 e. The number of aromatic hydroxyl groups is 1. The summed E-state index contributed by atoms with van der Waals surface area (Å²) in [6.07, 6.45) is 1.66. The number of phenols is 1. The molecule has 0 atom stereocenters. The van der Waals surface area contributed by atoms with Gasteiger partial charge < -0.3 is 14.4 Å². The first kappa shape index (κ1) is 16.4. The molecule has 1 fully saturated rings. The molecule has 1 aromatic carbocycles. The Kier molecular flexibility index (Phi) is 4.43. The molecule has 0 spiro atoms. The van der Waals surface area contributed by atoms with Crippen molar-refractivity contribution in [2.45, 2.75) is 38.9 Å². The molecule has 6 heteroatoms. The third-order valence-electron chi connectivity index (χ3n) is 4.07. The molecule has 0 bridgehead atoms. The fraction of sp³-hybridized carbons (Fsp3) is 0.467. The molecule has 0 aromatic heterocycles. The SMILES string of the molecule is CC1(C)OB(C(=Cc2cc(F)ccc2O)CS)OC1(C)C. The van der Waals surface area contributed by atoms with E-state index < -0.39 is 24.1 Å². The van der Waals surface area contributed by atoms with E-state index in [-0.39, 0.29) is 5.75 Å². The molecule has 0 aliphatic carbocycles. The topological polar surface area (TPSA) is 38.7 Å². The van der Waals surface area contributed by atoms with Crippen LogP contribution in [0.2, 0.25) is 0 Å². The fourth-order valence-corrected chi connectivity index (χ4v) is 2.26. The van der Waals surface area contributed by atoms with E-state index in [0.717, 1.165) is 5.47 Å².